The minimum atomic E-state index is -0.0671. The van der Waals surface area contributed by atoms with Crippen molar-refractivity contribution >= 4 is 16.9 Å². The van der Waals surface area contributed by atoms with Crippen molar-refractivity contribution in [2.75, 3.05) is 26.2 Å². The van der Waals surface area contributed by atoms with Gasteiger partial charge in [0.2, 0.25) is 5.91 Å². The van der Waals surface area contributed by atoms with E-state index in [1.54, 1.807) is 6.20 Å². The first kappa shape index (κ1) is 23.7. The Balaban J connectivity index is 1.07. The van der Waals surface area contributed by atoms with Gasteiger partial charge in [0.05, 0.1) is 16.7 Å². The van der Waals surface area contributed by atoms with Gasteiger partial charge in [-0.1, -0.05) is 23.4 Å². The highest BCUT2D eigenvalue weighted by Gasteiger charge is 2.32. The molecule has 0 spiro atoms. The monoisotopic (exact) mass is 500 g/mol. The lowest BCUT2D eigenvalue weighted by Crippen LogP contribution is -2.44. The first-order chi connectivity index (χ1) is 18.2. The van der Waals surface area contributed by atoms with Crippen LogP contribution in [0.2, 0.25) is 0 Å². The van der Waals surface area contributed by atoms with Gasteiger partial charge in [-0.3, -0.25) is 14.3 Å². The Hall–Kier alpha value is -3.72. The van der Waals surface area contributed by atoms with Gasteiger partial charge >= 0.3 is 5.69 Å². The molecule has 2 saturated heterocycles. The topological polar surface area (TPSA) is 109 Å². The lowest BCUT2D eigenvalue weighted by molar-refractivity contribution is -0.134. The number of pyridine rings is 1. The molecule has 2 atom stereocenters. The number of para-hydroxylation sites is 2. The number of H-pyrrole nitrogens is 1. The molecule has 2 aliphatic rings. The van der Waals surface area contributed by atoms with Crippen molar-refractivity contribution in [2.45, 2.75) is 38.1 Å². The predicted molar refractivity (Wildman–Crippen MR) is 140 cm³/mol. The second-order valence-corrected chi connectivity index (χ2v) is 10.2. The number of hydrogen-bond acceptors (Lipinski definition) is 6. The van der Waals surface area contributed by atoms with E-state index in [9.17, 15) is 9.59 Å². The van der Waals surface area contributed by atoms with Crippen molar-refractivity contribution < 1.29 is 9.32 Å². The molecular formula is C28H32N6O3. The minimum absolute atomic E-state index is 0.0671. The first-order valence-corrected chi connectivity index (χ1v) is 13.2. The third kappa shape index (κ3) is 4.96. The number of likely N-dealkylation sites (tertiary alicyclic amines) is 1. The summed E-state index contributed by atoms with van der Waals surface area (Å²) in [7, 11) is 0. The lowest BCUT2D eigenvalue weighted by Gasteiger charge is -2.36. The fourth-order valence-electron chi connectivity index (χ4n) is 5.95. The number of hydrogen-bond donors (Lipinski definition) is 2. The van der Waals surface area contributed by atoms with Crippen LogP contribution >= 0.6 is 0 Å². The normalized spacial score (nSPS) is 20.9. The summed E-state index contributed by atoms with van der Waals surface area (Å²) in [6, 6.07) is 15.6. The van der Waals surface area contributed by atoms with Gasteiger partial charge in [0.1, 0.15) is 5.69 Å². The van der Waals surface area contributed by atoms with Crippen molar-refractivity contribution in [1.29, 1.82) is 0 Å². The number of piperidine rings is 2. The molecule has 2 N–H and O–H groups in total. The summed E-state index contributed by atoms with van der Waals surface area (Å²) in [4.78, 5) is 35.2. The molecule has 0 saturated carbocycles. The second-order valence-electron chi connectivity index (χ2n) is 10.2. The summed E-state index contributed by atoms with van der Waals surface area (Å²) in [5, 5.41) is 7.77. The van der Waals surface area contributed by atoms with E-state index in [1.807, 2.05) is 58.0 Å². The number of carbonyl (C=O) groups is 1. The third-order valence-corrected chi connectivity index (χ3v) is 7.96. The van der Waals surface area contributed by atoms with E-state index < -0.39 is 0 Å². The number of rotatable bonds is 6. The second kappa shape index (κ2) is 10.3. The molecule has 2 aliphatic heterocycles. The van der Waals surface area contributed by atoms with E-state index >= 15 is 0 Å². The lowest BCUT2D eigenvalue weighted by atomic mass is 9.81. The average molecular weight is 501 g/mol. The Labute approximate surface area is 214 Å². The zero-order valence-corrected chi connectivity index (χ0v) is 20.8. The molecule has 6 rings (SSSR count). The van der Waals surface area contributed by atoms with Gasteiger partial charge in [0.15, 0.2) is 5.76 Å². The van der Waals surface area contributed by atoms with Gasteiger partial charge in [-0.15, -0.1) is 0 Å². The number of nitrogens with one attached hydrogen (secondary N) is 2. The molecule has 9 heteroatoms. The van der Waals surface area contributed by atoms with Crippen LogP contribution in [-0.4, -0.2) is 56.7 Å². The Morgan fingerprint density at radius 1 is 1.05 bits per heavy atom. The fraction of sp³-hybridized carbons (Fsp3) is 0.429. The van der Waals surface area contributed by atoms with E-state index in [-0.39, 0.29) is 17.6 Å². The Bertz CT molecular complexity index is 1420. The molecule has 5 heterocycles. The van der Waals surface area contributed by atoms with Crippen molar-refractivity contribution in [2.24, 2.45) is 11.8 Å². The highest BCUT2D eigenvalue weighted by molar-refractivity contribution is 5.77. The first-order valence-electron chi connectivity index (χ1n) is 13.2. The molecule has 0 radical (unpaired) electrons. The molecule has 4 aromatic rings. The summed E-state index contributed by atoms with van der Waals surface area (Å²) in [5.74, 6) is 1.51. The summed E-state index contributed by atoms with van der Waals surface area (Å²) in [6.07, 6.45) is 5.62. The Morgan fingerprint density at radius 2 is 1.89 bits per heavy atom. The maximum Gasteiger partial charge on any atom is 0.326 e. The molecular weight excluding hydrogens is 468 g/mol. The quantitative estimate of drug-likeness (QED) is 0.420. The summed E-state index contributed by atoms with van der Waals surface area (Å²) >= 11 is 0. The van der Waals surface area contributed by atoms with Crippen molar-refractivity contribution in [3.63, 3.8) is 0 Å². The van der Waals surface area contributed by atoms with E-state index in [2.05, 4.69) is 20.4 Å². The van der Waals surface area contributed by atoms with Crippen LogP contribution in [0, 0.1) is 11.8 Å². The number of aromatic amines is 1. The van der Waals surface area contributed by atoms with Gasteiger partial charge in [0, 0.05) is 37.8 Å². The number of nitrogens with zero attached hydrogens (tertiary/aromatic N) is 4. The zero-order chi connectivity index (χ0) is 25.2. The smallest absolute Gasteiger partial charge is 0.326 e. The summed E-state index contributed by atoms with van der Waals surface area (Å²) < 4.78 is 7.42. The van der Waals surface area contributed by atoms with Crippen LogP contribution in [0.1, 0.15) is 37.4 Å². The largest absolute Gasteiger partial charge is 0.354 e. The molecule has 0 aliphatic carbocycles. The standard InChI is InChI=1S/C28H32N6O3/c35-27(33-13-9-22(10-14-33)34-25-7-2-1-5-23(25)31-28(34)36)16-19-8-12-29-18-20(19)15-21-17-26(37-32-21)24-6-3-4-11-30-24/h1-7,11,17,19-20,22,29H,8-10,12-16,18H2,(H,31,36)/t19-,20-/m0/s1. The van der Waals surface area contributed by atoms with Crippen LogP contribution in [0.15, 0.2) is 64.0 Å². The average Bonchev–Trinajstić information content (AvgIpc) is 3.54. The van der Waals surface area contributed by atoms with E-state index in [0.29, 0.717) is 37.1 Å². The number of aromatic nitrogens is 4. The molecule has 0 bridgehead atoms. The highest BCUT2D eigenvalue weighted by atomic mass is 16.5. The summed E-state index contributed by atoms with van der Waals surface area (Å²) in [5.41, 5.74) is 3.41. The molecule has 9 nitrogen and oxygen atoms in total. The highest BCUT2D eigenvalue weighted by Crippen LogP contribution is 2.30. The molecule has 1 amide bonds. The molecule has 37 heavy (non-hydrogen) atoms. The third-order valence-electron chi connectivity index (χ3n) is 7.96. The maximum atomic E-state index is 13.3. The van der Waals surface area contributed by atoms with Crippen molar-refractivity contribution in [3.05, 3.63) is 70.9 Å². The fourth-order valence-corrected chi connectivity index (χ4v) is 5.95. The molecule has 192 valence electrons. The summed E-state index contributed by atoms with van der Waals surface area (Å²) in [6.45, 7) is 3.16. The van der Waals surface area contributed by atoms with Gasteiger partial charge in [-0.2, -0.15) is 0 Å². The van der Waals surface area contributed by atoms with Crippen LogP contribution in [0.4, 0.5) is 0 Å². The van der Waals surface area contributed by atoms with Gasteiger partial charge in [0.25, 0.3) is 0 Å². The van der Waals surface area contributed by atoms with Crippen LogP contribution in [0.5, 0.6) is 0 Å². The van der Waals surface area contributed by atoms with Crippen LogP contribution in [-0.2, 0) is 11.2 Å². The maximum absolute atomic E-state index is 13.3. The SMILES string of the molecule is O=C(C[C@@H]1CCNC[C@@H]1Cc1cc(-c2ccccn2)on1)N1CCC(n2c(=O)[nH]c3ccccc32)CC1. The van der Waals surface area contributed by atoms with E-state index in [0.717, 1.165) is 61.2 Å². The van der Waals surface area contributed by atoms with Gasteiger partial charge in [-0.05, 0) is 74.9 Å². The Kier molecular flexibility index (Phi) is 6.61. The molecule has 2 fully saturated rings. The van der Waals surface area contributed by atoms with Crippen molar-refractivity contribution in [3.8, 4) is 11.5 Å². The number of imidazole rings is 1. The molecule has 1 aromatic carbocycles. The van der Waals surface area contributed by atoms with Gasteiger partial charge in [-0.25, -0.2) is 4.79 Å². The zero-order valence-electron chi connectivity index (χ0n) is 20.8. The van der Waals surface area contributed by atoms with Crippen LogP contribution < -0.4 is 11.0 Å². The molecule has 0 unspecified atom stereocenters. The number of carbonyl (C=O) groups excluding carboxylic acids is 1. The number of benzene rings is 1. The van der Waals surface area contributed by atoms with E-state index in [1.165, 1.54) is 0 Å². The molecule has 3 aromatic heterocycles. The Morgan fingerprint density at radius 3 is 2.73 bits per heavy atom. The number of amides is 1. The van der Waals surface area contributed by atoms with E-state index in [4.69, 9.17) is 4.52 Å². The minimum Gasteiger partial charge on any atom is -0.354 e. The van der Waals surface area contributed by atoms with Crippen LogP contribution in [0.25, 0.3) is 22.5 Å². The van der Waals surface area contributed by atoms with Crippen molar-refractivity contribution in [1.82, 2.24) is 29.9 Å². The van der Waals surface area contributed by atoms with Crippen LogP contribution in [0.3, 0.4) is 0 Å². The van der Waals surface area contributed by atoms with Gasteiger partial charge < -0.3 is 19.7 Å². The predicted octanol–water partition coefficient (Wildman–Crippen LogP) is 3.40. The number of fused-ring (bicyclic) bond motifs is 1.